The van der Waals surface area contributed by atoms with Crippen molar-refractivity contribution < 1.29 is 33.3 Å². The SMILES string of the molecule is CCOC(=O)C1=C(C)NC2=C(C(=O)[C@@H](C(=O)OC)[C@@H](C)C2)[C@@H]1c1ccc(OC)cc1OC. The highest BCUT2D eigenvalue weighted by Gasteiger charge is 2.47. The fourth-order valence-corrected chi connectivity index (χ4v) is 4.53. The van der Waals surface area contributed by atoms with Crippen LogP contribution >= 0.6 is 0 Å². The maximum atomic E-state index is 13.7. The molecular formula is C24H29NO7. The van der Waals surface area contributed by atoms with Crippen LogP contribution in [0.4, 0.5) is 0 Å². The molecule has 0 amide bonds. The smallest absolute Gasteiger partial charge is 0.336 e. The van der Waals surface area contributed by atoms with Gasteiger partial charge in [-0.2, -0.15) is 0 Å². The van der Waals surface area contributed by atoms with Crippen molar-refractivity contribution in [1.82, 2.24) is 5.32 Å². The third kappa shape index (κ3) is 3.97. The third-order valence-corrected chi connectivity index (χ3v) is 5.99. The van der Waals surface area contributed by atoms with Crippen LogP contribution in [0.25, 0.3) is 0 Å². The number of carbonyl (C=O) groups excluding carboxylic acids is 3. The van der Waals surface area contributed by atoms with E-state index >= 15 is 0 Å². The van der Waals surface area contributed by atoms with Crippen LogP contribution in [0.3, 0.4) is 0 Å². The molecule has 32 heavy (non-hydrogen) atoms. The predicted octanol–water partition coefficient (Wildman–Crippen LogP) is 2.88. The highest BCUT2D eigenvalue weighted by molar-refractivity contribution is 6.12. The first kappa shape index (κ1) is 23.4. The van der Waals surface area contributed by atoms with Crippen LogP contribution in [-0.4, -0.2) is 45.7 Å². The second-order valence-corrected chi connectivity index (χ2v) is 7.86. The summed E-state index contributed by atoms with van der Waals surface area (Å²) in [4.78, 5) is 39.2. The Hall–Kier alpha value is -3.29. The fourth-order valence-electron chi connectivity index (χ4n) is 4.53. The van der Waals surface area contributed by atoms with Crippen molar-refractivity contribution in [2.45, 2.75) is 33.1 Å². The molecule has 0 saturated carbocycles. The van der Waals surface area contributed by atoms with Gasteiger partial charge in [0.2, 0.25) is 0 Å². The largest absolute Gasteiger partial charge is 0.497 e. The van der Waals surface area contributed by atoms with Crippen LogP contribution in [0.15, 0.2) is 40.7 Å². The van der Waals surface area contributed by atoms with Crippen LogP contribution < -0.4 is 14.8 Å². The van der Waals surface area contributed by atoms with E-state index in [0.717, 1.165) is 0 Å². The summed E-state index contributed by atoms with van der Waals surface area (Å²) in [6, 6.07) is 5.21. The molecule has 3 rings (SSSR count). The molecule has 0 aromatic heterocycles. The number of ether oxygens (including phenoxy) is 4. The molecule has 0 bridgehead atoms. The number of methoxy groups -OCH3 is 3. The molecule has 8 nitrogen and oxygen atoms in total. The maximum Gasteiger partial charge on any atom is 0.336 e. The number of dihydropyridines is 1. The number of hydrogen-bond donors (Lipinski definition) is 1. The molecule has 1 N–H and O–H groups in total. The Labute approximate surface area is 187 Å². The number of allylic oxidation sites excluding steroid dienone is 3. The van der Waals surface area contributed by atoms with Gasteiger partial charge in [0.1, 0.15) is 17.4 Å². The van der Waals surface area contributed by atoms with Crippen LogP contribution in [0.2, 0.25) is 0 Å². The maximum absolute atomic E-state index is 13.7. The van der Waals surface area contributed by atoms with Gasteiger partial charge in [-0.3, -0.25) is 9.59 Å². The van der Waals surface area contributed by atoms with Gasteiger partial charge in [0.05, 0.1) is 39.4 Å². The van der Waals surface area contributed by atoms with Gasteiger partial charge in [0.15, 0.2) is 5.78 Å². The lowest BCUT2D eigenvalue weighted by Crippen LogP contribution is -2.43. The van der Waals surface area contributed by atoms with Crippen molar-refractivity contribution in [3.05, 3.63) is 46.3 Å². The number of rotatable bonds is 6. The van der Waals surface area contributed by atoms with Crippen molar-refractivity contribution in [1.29, 1.82) is 0 Å². The van der Waals surface area contributed by atoms with Crippen LogP contribution in [0, 0.1) is 11.8 Å². The zero-order valence-corrected chi connectivity index (χ0v) is 19.2. The van der Waals surface area contributed by atoms with E-state index in [9.17, 15) is 14.4 Å². The lowest BCUT2D eigenvalue weighted by molar-refractivity contribution is -0.151. The summed E-state index contributed by atoms with van der Waals surface area (Å²) in [5.41, 5.74) is 2.56. The van der Waals surface area contributed by atoms with E-state index in [-0.39, 0.29) is 18.3 Å². The molecule has 1 aliphatic carbocycles. The van der Waals surface area contributed by atoms with Crippen LogP contribution in [0.1, 0.15) is 38.7 Å². The van der Waals surface area contributed by atoms with E-state index in [4.69, 9.17) is 18.9 Å². The minimum Gasteiger partial charge on any atom is -0.497 e. The number of ketones is 1. The van der Waals surface area contributed by atoms with E-state index in [0.29, 0.717) is 46.0 Å². The lowest BCUT2D eigenvalue weighted by Gasteiger charge is -2.38. The van der Waals surface area contributed by atoms with Gasteiger partial charge >= 0.3 is 11.9 Å². The first-order valence-corrected chi connectivity index (χ1v) is 10.5. The lowest BCUT2D eigenvalue weighted by atomic mass is 9.69. The van der Waals surface area contributed by atoms with Crippen LogP contribution in [0.5, 0.6) is 11.5 Å². The molecule has 0 fully saturated rings. The molecule has 0 saturated heterocycles. The molecular weight excluding hydrogens is 414 g/mol. The van der Waals surface area contributed by atoms with Gasteiger partial charge in [-0.05, 0) is 32.3 Å². The van der Waals surface area contributed by atoms with E-state index in [2.05, 4.69) is 5.32 Å². The van der Waals surface area contributed by atoms with E-state index in [1.54, 1.807) is 39.2 Å². The Morgan fingerprint density at radius 2 is 1.88 bits per heavy atom. The van der Waals surface area contributed by atoms with E-state index in [1.165, 1.54) is 14.2 Å². The number of hydrogen-bond acceptors (Lipinski definition) is 8. The second-order valence-electron chi connectivity index (χ2n) is 7.86. The van der Waals surface area contributed by atoms with Gasteiger partial charge in [-0.15, -0.1) is 0 Å². The summed E-state index contributed by atoms with van der Waals surface area (Å²) in [7, 11) is 4.32. The molecule has 1 aliphatic heterocycles. The number of esters is 2. The van der Waals surface area contributed by atoms with Gasteiger partial charge in [0, 0.05) is 28.6 Å². The van der Waals surface area contributed by atoms with Gasteiger partial charge in [-0.25, -0.2) is 4.79 Å². The fraction of sp³-hybridized carbons (Fsp3) is 0.458. The number of benzene rings is 1. The van der Waals surface area contributed by atoms with Crippen molar-refractivity contribution in [2.75, 3.05) is 27.9 Å². The molecule has 0 spiro atoms. The monoisotopic (exact) mass is 443 g/mol. The molecule has 1 aromatic rings. The zero-order valence-electron chi connectivity index (χ0n) is 19.2. The standard InChI is InChI=1S/C24H29NO7/c1-7-32-24(28)19-13(3)25-16-10-12(2)18(23(27)31-6)22(26)21(16)20(19)15-9-8-14(29-4)11-17(15)30-5/h8-9,11-12,18,20,25H,7,10H2,1-6H3/t12-,18-,20+/m0/s1. The Morgan fingerprint density at radius 3 is 2.47 bits per heavy atom. The molecule has 172 valence electrons. The van der Waals surface area contributed by atoms with Crippen molar-refractivity contribution >= 4 is 17.7 Å². The Bertz CT molecular complexity index is 1010. The van der Waals surface area contributed by atoms with Crippen molar-refractivity contribution in [3.63, 3.8) is 0 Å². The van der Waals surface area contributed by atoms with Crippen molar-refractivity contribution in [3.8, 4) is 11.5 Å². The highest BCUT2D eigenvalue weighted by Crippen LogP contribution is 2.48. The topological polar surface area (TPSA) is 100 Å². The number of nitrogens with one attached hydrogen (secondary N) is 1. The summed E-state index contributed by atoms with van der Waals surface area (Å²) >= 11 is 0. The van der Waals surface area contributed by atoms with Crippen molar-refractivity contribution in [2.24, 2.45) is 11.8 Å². The average molecular weight is 443 g/mol. The Balaban J connectivity index is 2.25. The van der Waals surface area contributed by atoms with Gasteiger partial charge in [0.25, 0.3) is 0 Å². The number of Topliss-reactive ketones (excluding diaryl/α,β-unsaturated/α-hetero) is 1. The zero-order chi connectivity index (χ0) is 23.6. The summed E-state index contributed by atoms with van der Waals surface area (Å²) in [5.74, 6) is -2.42. The molecule has 1 heterocycles. The Kier molecular flexibility index (Phi) is 6.91. The first-order valence-electron chi connectivity index (χ1n) is 10.5. The molecule has 3 atom stereocenters. The predicted molar refractivity (Wildman–Crippen MR) is 116 cm³/mol. The molecule has 8 heteroatoms. The Morgan fingerprint density at radius 1 is 1.16 bits per heavy atom. The average Bonchev–Trinajstić information content (AvgIpc) is 2.77. The van der Waals surface area contributed by atoms with E-state index < -0.39 is 23.8 Å². The summed E-state index contributed by atoms with van der Waals surface area (Å²) in [6.45, 7) is 5.52. The van der Waals surface area contributed by atoms with Gasteiger partial charge < -0.3 is 24.3 Å². The minimum atomic E-state index is -0.950. The van der Waals surface area contributed by atoms with Crippen LogP contribution in [-0.2, 0) is 23.9 Å². The molecule has 0 unspecified atom stereocenters. The normalized spacial score (nSPS) is 22.7. The highest BCUT2D eigenvalue weighted by atomic mass is 16.5. The second kappa shape index (κ2) is 9.46. The summed E-state index contributed by atoms with van der Waals surface area (Å²) in [6.07, 6.45) is 0.462. The summed E-state index contributed by atoms with van der Waals surface area (Å²) in [5, 5.41) is 3.23. The quantitative estimate of drug-likeness (QED) is 0.529. The van der Waals surface area contributed by atoms with E-state index in [1.807, 2.05) is 6.92 Å². The van der Waals surface area contributed by atoms with Gasteiger partial charge in [-0.1, -0.05) is 13.0 Å². The third-order valence-electron chi connectivity index (χ3n) is 5.99. The molecule has 0 radical (unpaired) electrons. The molecule has 1 aromatic carbocycles. The number of carbonyl (C=O) groups is 3. The first-order chi connectivity index (χ1) is 15.3. The summed E-state index contributed by atoms with van der Waals surface area (Å²) < 4.78 is 21.1. The minimum absolute atomic E-state index is 0.184. The molecule has 2 aliphatic rings.